The number of benzene rings is 1. The minimum absolute atomic E-state index is 0.0552. The minimum atomic E-state index is -0.679. The van der Waals surface area contributed by atoms with E-state index in [2.05, 4.69) is 20.6 Å². The number of para-hydroxylation sites is 1. The van der Waals surface area contributed by atoms with E-state index in [1.165, 1.54) is 10.7 Å². The zero-order chi connectivity index (χ0) is 20.3. The lowest BCUT2D eigenvalue weighted by atomic mass is 10.2. The van der Waals surface area contributed by atoms with Crippen LogP contribution in [0.15, 0.2) is 40.9 Å². The topological polar surface area (TPSA) is 112 Å². The Labute approximate surface area is 161 Å². The van der Waals surface area contributed by atoms with Crippen LogP contribution in [-0.2, 0) is 11.3 Å². The maximum Gasteiger partial charge on any atom is 0.357 e. The van der Waals surface area contributed by atoms with Crippen molar-refractivity contribution in [3.63, 3.8) is 0 Å². The van der Waals surface area contributed by atoms with E-state index in [4.69, 9.17) is 9.26 Å². The van der Waals surface area contributed by atoms with Gasteiger partial charge in [0.1, 0.15) is 5.60 Å². The molecule has 146 valence electrons. The molecule has 9 heteroatoms. The van der Waals surface area contributed by atoms with Crippen molar-refractivity contribution in [3.05, 3.63) is 59.5 Å². The Kier molecular flexibility index (Phi) is 5.25. The number of aromatic nitrogens is 4. The highest BCUT2D eigenvalue weighted by Gasteiger charge is 2.25. The van der Waals surface area contributed by atoms with Crippen molar-refractivity contribution in [1.82, 2.24) is 25.2 Å². The van der Waals surface area contributed by atoms with Gasteiger partial charge in [-0.2, -0.15) is 10.1 Å². The third-order valence-corrected chi connectivity index (χ3v) is 3.52. The van der Waals surface area contributed by atoms with E-state index < -0.39 is 17.5 Å². The molecule has 9 nitrogen and oxygen atoms in total. The molecular formula is C19H21N5O4. The number of esters is 1. The van der Waals surface area contributed by atoms with Crippen LogP contribution < -0.4 is 5.32 Å². The Balaban J connectivity index is 1.87. The number of carbonyl (C=O) groups excluding carboxylic acids is 2. The number of hydrogen-bond acceptors (Lipinski definition) is 7. The molecule has 0 aliphatic carbocycles. The molecule has 2 aromatic heterocycles. The molecule has 0 bridgehead atoms. The van der Waals surface area contributed by atoms with Crippen molar-refractivity contribution in [2.75, 3.05) is 0 Å². The fraction of sp³-hybridized carbons (Fsp3) is 0.316. The lowest BCUT2D eigenvalue weighted by Gasteiger charge is -2.19. The molecule has 0 saturated heterocycles. The fourth-order valence-electron chi connectivity index (χ4n) is 2.39. The van der Waals surface area contributed by atoms with Crippen molar-refractivity contribution in [1.29, 1.82) is 0 Å². The Morgan fingerprint density at radius 1 is 1.21 bits per heavy atom. The number of amides is 1. The molecule has 0 unspecified atom stereocenters. The quantitative estimate of drug-likeness (QED) is 0.673. The maximum atomic E-state index is 12.6. The summed E-state index contributed by atoms with van der Waals surface area (Å²) in [5, 5.41) is 10.6. The first kappa shape index (κ1) is 19.3. The lowest BCUT2D eigenvalue weighted by Crippen LogP contribution is -2.25. The zero-order valence-corrected chi connectivity index (χ0v) is 16.1. The van der Waals surface area contributed by atoms with Gasteiger partial charge in [0.2, 0.25) is 5.89 Å². The monoisotopic (exact) mass is 383 g/mol. The normalized spacial score (nSPS) is 11.3. The van der Waals surface area contributed by atoms with E-state index in [1.54, 1.807) is 39.8 Å². The number of ether oxygens (including phenoxy) is 1. The third kappa shape index (κ3) is 4.61. The summed E-state index contributed by atoms with van der Waals surface area (Å²) < 4.78 is 11.8. The molecule has 3 aromatic rings. The second kappa shape index (κ2) is 7.63. The molecule has 1 amide bonds. The maximum absolute atomic E-state index is 12.6. The SMILES string of the molecule is Cc1noc(CNC(=O)c2cc(C(=O)OC(C)(C)C)n(-c3ccccc3)n2)n1. The third-order valence-electron chi connectivity index (χ3n) is 3.52. The highest BCUT2D eigenvalue weighted by Crippen LogP contribution is 2.17. The number of aryl methyl sites for hydroxylation is 1. The van der Waals surface area contributed by atoms with E-state index in [1.807, 2.05) is 18.2 Å². The van der Waals surface area contributed by atoms with Crippen LogP contribution in [0.2, 0.25) is 0 Å². The van der Waals surface area contributed by atoms with Gasteiger partial charge in [0.25, 0.3) is 5.91 Å². The van der Waals surface area contributed by atoms with Crippen molar-refractivity contribution in [2.45, 2.75) is 39.8 Å². The summed E-state index contributed by atoms with van der Waals surface area (Å²) >= 11 is 0. The van der Waals surface area contributed by atoms with E-state index in [-0.39, 0.29) is 23.8 Å². The summed E-state index contributed by atoms with van der Waals surface area (Å²) in [7, 11) is 0. The van der Waals surface area contributed by atoms with Gasteiger partial charge in [-0.25, -0.2) is 9.48 Å². The fourth-order valence-corrected chi connectivity index (χ4v) is 2.39. The van der Waals surface area contributed by atoms with Crippen LogP contribution in [0.25, 0.3) is 5.69 Å². The smallest absolute Gasteiger partial charge is 0.357 e. The number of nitrogens with zero attached hydrogens (tertiary/aromatic N) is 4. The van der Waals surface area contributed by atoms with Gasteiger partial charge in [0, 0.05) is 6.07 Å². The lowest BCUT2D eigenvalue weighted by molar-refractivity contribution is 0.00593. The van der Waals surface area contributed by atoms with Gasteiger partial charge in [0.15, 0.2) is 17.2 Å². The molecule has 1 aromatic carbocycles. The second-order valence-electron chi connectivity index (χ2n) is 7.08. The molecule has 28 heavy (non-hydrogen) atoms. The standard InChI is InChI=1S/C19H21N5O4/c1-12-21-16(28-23-12)11-20-17(25)14-10-15(18(26)27-19(2,3)4)24(22-14)13-8-6-5-7-9-13/h5-10H,11H2,1-4H3,(H,20,25). The van der Waals surface area contributed by atoms with E-state index in [0.29, 0.717) is 11.5 Å². The van der Waals surface area contributed by atoms with E-state index >= 15 is 0 Å². The molecule has 0 aliphatic rings. The Morgan fingerprint density at radius 2 is 1.93 bits per heavy atom. The molecule has 0 atom stereocenters. The predicted molar refractivity (Wildman–Crippen MR) is 98.9 cm³/mol. The molecule has 3 rings (SSSR count). The Hall–Kier alpha value is -3.49. The minimum Gasteiger partial charge on any atom is -0.455 e. The van der Waals surface area contributed by atoms with Crippen LogP contribution in [0.4, 0.5) is 0 Å². The van der Waals surface area contributed by atoms with Crippen molar-refractivity contribution < 1.29 is 18.8 Å². The molecule has 1 N–H and O–H groups in total. The second-order valence-corrected chi connectivity index (χ2v) is 7.08. The number of rotatable bonds is 5. The first-order chi connectivity index (χ1) is 13.2. The van der Waals surface area contributed by atoms with Crippen LogP contribution in [0.3, 0.4) is 0 Å². The van der Waals surface area contributed by atoms with Gasteiger partial charge in [-0.3, -0.25) is 4.79 Å². The van der Waals surface area contributed by atoms with Gasteiger partial charge in [-0.1, -0.05) is 23.4 Å². The van der Waals surface area contributed by atoms with Crippen LogP contribution in [0.1, 0.15) is 53.5 Å². The molecular weight excluding hydrogens is 362 g/mol. The highest BCUT2D eigenvalue weighted by molar-refractivity contribution is 5.96. The number of hydrogen-bond donors (Lipinski definition) is 1. The molecule has 0 spiro atoms. The van der Waals surface area contributed by atoms with Crippen LogP contribution >= 0.6 is 0 Å². The van der Waals surface area contributed by atoms with Gasteiger partial charge in [-0.15, -0.1) is 0 Å². The summed E-state index contributed by atoms with van der Waals surface area (Å²) in [4.78, 5) is 29.1. The highest BCUT2D eigenvalue weighted by atomic mass is 16.6. The molecule has 2 heterocycles. The number of nitrogens with one attached hydrogen (secondary N) is 1. The van der Waals surface area contributed by atoms with E-state index in [9.17, 15) is 9.59 Å². The van der Waals surface area contributed by atoms with Crippen LogP contribution in [0, 0.1) is 6.92 Å². The van der Waals surface area contributed by atoms with E-state index in [0.717, 1.165) is 0 Å². The summed E-state index contributed by atoms with van der Waals surface area (Å²) in [5.74, 6) is -0.295. The Bertz CT molecular complexity index is 985. The molecule has 0 radical (unpaired) electrons. The molecule has 0 saturated carbocycles. The summed E-state index contributed by atoms with van der Waals surface area (Å²) in [6, 6.07) is 10.4. The summed E-state index contributed by atoms with van der Waals surface area (Å²) in [5.41, 5.74) is 0.178. The van der Waals surface area contributed by atoms with Crippen LogP contribution in [-0.4, -0.2) is 37.4 Å². The van der Waals surface area contributed by atoms with Gasteiger partial charge in [-0.05, 0) is 39.8 Å². The Morgan fingerprint density at radius 3 is 2.54 bits per heavy atom. The first-order valence-corrected chi connectivity index (χ1v) is 8.69. The summed E-state index contributed by atoms with van der Waals surface area (Å²) in [6.45, 7) is 7.06. The van der Waals surface area contributed by atoms with Crippen molar-refractivity contribution in [2.24, 2.45) is 0 Å². The van der Waals surface area contributed by atoms with Crippen molar-refractivity contribution >= 4 is 11.9 Å². The van der Waals surface area contributed by atoms with Gasteiger partial charge >= 0.3 is 5.97 Å². The molecule has 0 aliphatic heterocycles. The summed E-state index contributed by atoms with van der Waals surface area (Å²) in [6.07, 6.45) is 0. The average Bonchev–Trinajstić information content (AvgIpc) is 3.25. The zero-order valence-electron chi connectivity index (χ0n) is 16.1. The predicted octanol–water partition coefficient (Wildman–Crippen LogP) is 2.45. The van der Waals surface area contributed by atoms with Crippen LogP contribution in [0.5, 0.6) is 0 Å². The number of carbonyl (C=O) groups is 2. The first-order valence-electron chi connectivity index (χ1n) is 8.69. The van der Waals surface area contributed by atoms with Gasteiger partial charge < -0.3 is 14.6 Å². The van der Waals surface area contributed by atoms with Gasteiger partial charge in [0.05, 0.1) is 12.2 Å². The average molecular weight is 383 g/mol. The largest absolute Gasteiger partial charge is 0.455 e. The molecule has 0 fully saturated rings. The van der Waals surface area contributed by atoms with Crippen molar-refractivity contribution in [3.8, 4) is 5.69 Å².